The molecule has 0 aromatic heterocycles. The summed E-state index contributed by atoms with van der Waals surface area (Å²) in [5, 5.41) is 19.9. The Bertz CT molecular complexity index is 498. The fourth-order valence-electron chi connectivity index (χ4n) is 3.39. The topological polar surface area (TPSA) is 57.5 Å². The monoisotopic (exact) mass is 290 g/mol. The fourth-order valence-corrected chi connectivity index (χ4v) is 3.39. The van der Waals surface area contributed by atoms with Crippen molar-refractivity contribution >= 4 is 5.97 Å². The quantitative estimate of drug-likeness (QED) is 0.891. The number of carboxylic acid groups (broad SMARTS) is 1. The molecule has 1 aromatic carbocycles. The molecule has 3 heteroatoms. The number of benzene rings is 1. The van der Waals surface area contributed by atoms with Gasteiger partial charge in [-0.15, -0.1) is 0 Å². The van der Waals surface area contributed by atoms with E-state index in [1.807, 2.05) is 24.3 Å². The number of rotatable bonds is 3. The Morgan fingerprint density at radius 3 is 2.24 bits per heavy atom. The van der Waals surface area contributed by atoms with E-state index in [0.717, 1.165) is 12.0 Å². The average Bonchev–Trinajstić information content (AvgIpc) is 2.79. The lowest BCUT2D eigenvalue weighted by atomic mass is 9.83. The van der Waals surface area contributed by atoms with Gasteiger partial charge in [-0.2, -0.15) is 0 Å². The Kier molecular flexibility index (Phi) is 4.43. The summed E-state index contributed by atoms with van der Waals surface area (Å²) in [6, 6.07) is 7.94. The molecule has 1 fully saturated rings. The van der Waals surface area contributed by atoms with Gasteiger partial charge in [-0.25, -0.2) is 0 Å². The molecule has 0 bridgehead atoms. The third-order valence-corrected chi connectivity index (χ3v) is 4.69. The predicted octanol–water partition coefficient (Wildman–Crippen LogP) is 3.76. The molecular weight excluding hydrogens is 264 g/mol. The lowest BCUT2D eigenvalue weighted by Crippen LogP contribution is -2.24. The minimum Gasteiger partial charge on any atom is -0.481 e. The van der Waals surface area contributed by atoms with Crippen molar-refractivity contribution in [3.8, 4) is 0 Å². The smallest absolute Gasteiger partial charge is 0.306 e. The molecule has 0 aliphatic heterocycles. The number of carboxylic acids is 1. The van der Waals surface area contributed by atoms with Crippen LogP contribution in [0.4, 0.5) is 0 Å². The van der Waals surface area contributed by atoms with E-state index in [2.05, 4.69) is 27.7 Å². The summed E-state index contributed by atoms with van der Waals surface area (Å²) in [7, 11) is 0. The van der Waals surface area contributed by atoms with E-state index in [9.17, 15) is 15.0 Å². The maximum Gasteiger partial charge on any atom is 0.306 e. The predicted molar refractivity (Wildman–Crippen MR) is 83.1 cm³/mol. The molecule has 0 heterocycles. The molecule has 1 saturated carbocycles. The lowest BCUT2D eigenvalue weighted by molar-refractivity contribution is -0.144. The number of hydrogen-bond donors (Lipinski definition) is 2. The van der Waals surface area contributed by atoms with Gasteiger partial charge in [0, 0.05) is 5.92 Å². The Labute approximate surface area is 127 Å². The van der Waals surface area contributed by atoms with Crippen LogP contribution in [0.5, 0.6) is 0 Å². The highest BCUT2D eigenvalue weighted by Crippen LogP contribution is 2.43. The second-order valence-electron chi connectivity index (χ2n) is 7.50. The maximum absolute atomic E-state index is 11.4. The first-order valence-corrected chi connectivity index (χ1v) is 7.71. The van der Waals surface area contributed by atoms with Gasteiger partial charge in [-0.3, -0.25) is 4.79 Å². The van der Waals surface area contributed by atoms with Crippen LogP contribution in [0.2, 0.25) is 0 Å². The van der Waals surface area contributed by atoms with Gasteiger partial charge in [-0.1, -0.05) is 52.0 Å². The summed E-state index contributed by atoms with van der Waals surface area (Å²) in [6.45, 7) is 8.51. The SMILES string of the molecule is CC1CC(C(=O)O)C(C(O)c2ccc(C(C)(C)C)cc2)C1. The van der Waals surface area contributed by atoms with Crippen molar-refractivity contribution in [3.05, 3.63) is 35.4 Å². The van der Waals surface area contributed by atoms with Crippen molar-refractivity contribution in [1.29, 1.82) is 0 Å². The van der Waals surface area contributed by atoms with Crippen LogP contribution in [-0.4, -0.2) is 16.2 Å². The van der Waals surface area contributed by atoms with E-state index in [4.69, 9.17) is 0 Å². The molecule has 4 unspecified atom stereocenters. The number of carbonyl (C=O) groups is 1. The van der Waals surface area contributed by atoms with Crippen LogP contribution in [0.15, 0.2) is 24.3 Å². The summed E-state index contributed by atoms with van der Waals surface area (Å²) >= 11 is 0. The van der Waals surface area contributed by atoms with Crippen LogP contribution >= 0.6 is 0 Å². The summed E-state index contributed by atoms with van der Waals surface area (Å²) < 4.78 is 0. The van der Waals surface area contributed by atoms with Gasteiger partial charge in [0.15, 0.2) is 0 Å². The lowest BCUT2D eigenvalue weighted by Gasteiger charge is -2.24. The number of aliphatic hydroxyl groups excluding tert-OH is 1. The van der Waals surface area contributed by atoms with Gasteiger partial charge in [-0.05, 0) is 35.3 Å². The van der Waals surface area contributed by atoms with E-state index in [1.54, 1.807) is 0 Å². The Balaban J connectivity index is 2.19. The molecule has 0 radical (unpaired) electrons. The molecular formula is C18H26O3. The molecule has 116 valence electrons. The summed E-state index contributed by atoms with van der Waals surface area (Å²) in [5.41, 5.74) is 2.12. The Morgan fingerprint density at radius 1 is 1.19 bits per heavy atom. The first-order valence-electron chi connectivity index (χ1n) is 7.71. The normalized spacial score (nSPS) is 27.6. The number of aliphatic hydroxyl groups is 1. The van der Waals surface area contributed by atoms with E-state index in [0.29, 0.717) is 12.3 Å². The third-order valence-electron chi connectivity index (χ3n) is 4.69. The van der Waals surface area contributed by atoms with Crippen molar-refractivity contribution in [1.82, 2.24) is 0 Å². The highest BCUT2D eigenvalue weighted by Gasteiger charge is 2.41. The molecule has 4 atom stereocenters. The van der Waals surface area contributed by atoms with E-state index in [1.165, 1.54) is 5.56 Å². The van der Waals surface area contributed by atoms with Crippen LogP contribution in [0.3, 0.4) is 0 Å². The molecule has 1 aliphatic carbocycles. The van der Waals surface area contributed by atoms with Crippen LogP contribution in [-0.2, 0) is 10.2 Å². The molecule has 1 aliphatic rings. The highest BCUT2D eigenvalue weighted by molar-refractivity contribution is 5.71. The summed E-state index contributed by atoms with van der Waals surface area (Å²) in [6.07, 6.45) is 0.751. The molecule has 2 rings (SSSR count). The largest absolute Gasteiger partial charge is 0.481 e. The molecule has 2 N–H and O–H groups in total. The van der Waals surface area contributed by atoms with Gasteiger partial charge in [0.1, 0.15) is 0 Å². The summed E-state index contributed by atoms with van der Waals surface area (Å²) in [4.78, 5) is 11.4. The first-order chi connectivity index (χ1) is 9.70. The van der Waals surface area contributed by atoms with Crippen LogP contribution in [0, 0.1) is 17.8 Å². The second-order valence-corrected chi connectivity index (χ2v) is 7.50. The zero-order chi connectivity index (χ0) is 15.8. The third kappa shape index (κ3) is 3.46. The molecule has 0 spiro atoms. The Morgan fingerprint density at radius 2 is 1.76 bits per heavy atom. The zero-order valence-corrected chi connectivity index (χ0v) is 13.3. The molecule has 0 amide bonds. The van der Waals surface area contributed by atoms with Crippen molar-refractivity contribution in [2.24, 2.45) is 17.8 Å². The van der Waals surface area contributed by atoms with Gasteiger partial charge < -0.3 is 10.2 Å². The second kappa shape index (κ2) is 5.80. The van der Waals surface area contributed by atoms with Crippen LogP contribution < -0.4 is 0 Å². The van der Waals surface area contributed by atoms with Gasteiger partial charge in [0.2, 0.25) is 0 Å². The maximum atomic E-state index is 11.4. The van der Waals surface area contributed by atoms with Crippen LogP contribution in [0.25, 0.3) is 0 Å². The molecule has 3 nitrogen and oxygen atoms in total. The van der Waals surface area contributed by atoms with E-state index >= 15 is 0 Å². The van der Waals surface area contributed by atoms with Crippen molar-refractivity contribution in [2.45, 2.75) is 52.1 Å². The summed E-state index contributed by atoms with van der Waals surface area (Å²) in [5.74, 6) is -1.04. The number of aliphatic carboxylic acids is 1. The number of hydrogen-bond acceptors (Lipinski definition) is 2. The first kappa shape index (κ1) is 16.0. The van der Waals surface area contributed by atoms with Gasteiger partial charge in [0.05, 0.1) is 12.0 Å². The highest BCUT2D eigenvalue weighted by atomic mass is 16.4. The zero-order valence-electron chi connectivity index (χ0n) is 13.3. The van der Waals surface area contributed by atoms with Gasteiger partial charge >= 0.3 is 5.97 Å². The van der Waals surface area contributed by atoms with Gasteiger partial charge in [0.25, 0.3) is 0 Å². The standard InChI is InChI=1S/C18H26O3/c1-11-9-14(15(10-11)17(20)21)16(19)12-5-7-13(8-6-12)18(2,3)4/h5-8,11,14-16,19H,9-10H2,1-4H3,(H,20,21). The Hall–Kier alpha value is -1.35. The molecule has 0 saturated heterocycles. The van der Waals surface area contributed by atoms with Crippen molar-refractivity contribution in [2.75, 3.05) is 0 Å². The fraction of sp³-hybridized carbons (Fsp3) is 0.611. The molecule has 1 aromatic rings. The van der Waals surface area contributed by atoms with Crippen molar-refractivity contribution < 1.29 is 15.0 Å². The van der Waals surface area contributed by atoms with E-state index < -0.39 is 18.0 Å². The minimum absolute atomic E-state index is 0.0783. The van der Waals surface area contributed by atoms with Crippen LogP contribution in [0.1, 0.15) is 57.8 Å². The minimum atomic E-state index is -0.783. The van der Waals surface area contributed by atoms with E-state index in [-0.39, 0.29) is 11.3 Å². The molecule has 21 heavy (non-hydrogen) atoms. The average molecular weight is 290 g/mol. The van der Waals surface area contributed by atoms with Crippen molar-refractivity contribution in [3.63, 3.8) is 0 Å².